The van der Waals surface area contributed by atoms with Crippen LogP contribution in [0.15, 0.2) is 18.2 Å². The Labute approximate surface area is 166 Å². The Morgan fingerprint density at radius 1 is 1.21 bits per heavy atom. The molecule has 2 aromatic heterocycles. The SMILES string of the molecule is Cc1nc(C)c2c(C)c(C(=O)Nc3ccc(N4CCOCC4)c(F)c3)sc2n1. The van der Waals surface area contributed by atoms with Crippen LogP contribution in [0.5, 0.6) is 0 Å². The molecule has 3 aromatic rings. The van der Waals surface area contributed by atoms with Crippen LogP contribution in [0.4, 0.5) is 15.8 Å². The third-order valence-electron chi connectivity index (χ3n) is 4.85. The van der Waals surface area contributed by atoms with Gasteiger partial charge in [0.05, 0.1) is 23.8 Å². The van der Waals surface area contributed by atoms with E-state index in [1.165, 1.54) is 17.4 Å². The molecular formula is C20H21FN4O2S. The first-order chi connectivity index (χ1) is 13.4. The summed E-state index contributed by atoms with van der Waals surface area (Å²) in [6.07, 6.45) is 0. The molecule has 146 valence electrons. The van der Waals surface area contributed by atoms with Crippen molar-refractivity contribution in [3.63, 3.8) is 0 Å². The lowest BCUT2D eigenvalue weighted by Crippen LogP contribution is -2.36. The summed E-state index contributed by atoms with van der Waals surface area (Å²) < 4.78 is 19.9. The van der Waals surface area contributed by atoms with Crippen LogP contribution >= 0.6 is 11.3 Å². The first-order valence-electron chi connectivity index (χ1n) is 9.12. The number of amides is 1. The van der Waals surface area contributed by atoms with Gasteiger partial charge in [-0.15, -0.1) is 11.3 Å². The number of hydrogen-bond acceptors (Lipinski definition) is 6. The number of thiophene rings is 1. The molecule has 1 aliphatic rings. The second kappa shape index (κ2) is 7.44. The molecule has 1 amide bonds. The van der Waals surface area contributed by atoms with E-state index in [-0.39, 0.29) is 11.7 Å². The normalized spacial score (nSPS) is 14.5. The highest BCUT2D eigenvalue weighted by Crippen LogP contribution is 2.32. The third-order valence-corrected chi connectivity index (χ3v) is 6.03. The monoisotopic (exact) mass is 400 g/mol. The van der Waals surface area contributed by atoms with Crippen LogP contribution in [0.2, 0.25) is 0 Å². The molecule has 1 saturated heterocycles. The van der Waals surface area contributed by atoms with Crippen molar-refractivity contribution >= 4 is 38.8 Å². The Morgan fingerprint density at radius 2 is 1.96 bits per heavy atom. The Hall–Kier alpha value is -2.58. The number of benzene rings is 1. The van der Waals surface area contributed by atoms with Crippen LogP contribution in [-0.4, -0.2) is 42.2 Å². The zero-order valence-electron chi connectivity index (χ0n) is 16.0. The predicted octanol–water partition coefficient (Wildman–Crippen LogP) is 3.84. The van der Waals surface area contributed by atoms with Crippen LogP contribution in [0.25, 0.3) is 10.2 Å². The fourth-order valence-corrected chi connectivity index (χ4v) is 4.70. The molecule has 0 radical (unpaired) electrons. The van der Waals surface area contributed by atoms with E-state index in [2.05, 4.69) is 15.3 Å². The number of ether oxygens (including phenoxy) is 1. The molecule has 1 N–H and O–H groups in total. The highest BCUT2D eigenvalue weighted by molar-refractivity contribution is 7.20. The van der Waals surface area contributed by atoms with E-state index in [1.807, 2.05) is 25.7 Å². The van der Waals surface area contributed by atoms with Gasteiger partial charge >= 0.3 is 0 Å². The number of nitrogens with one attached hydrogen (secondary N) is 1. The maximum absolute atomic E-state index is 14.6. The van der Waals surface area contributed by atoms with E-state index in [4.69, 9.17) is 4.74 Å². The molecule has 3 heterocycles. The molecule has 28 heavy (non-hydrogen) atoms. The fraction of sp³-hybridized carbons (Fsp3) is 0.350. The maximum atomic E-state index is 14.6. The average molecular weight is 400 g/mol. The molecule has 0 aliphatic carbocycles. The first kappa shape index (κ1) is 18.8. The summed E-state index contributed by atoms with van der Waals surface area (Å²) in [4.78, 5) is 24.9. The lowest BCUT2D eigenvalue weighted by molar-refractivity contribution is 0.103. The quantitative estimate of drug-likeness (QED) is 0.723. The van der Waals surface area contributed by atoms with E-state index in [1.54, 1.807) is 12.1 Å². The predicted molar refractivity (Wildman–Crippen MR) is 109 cm³/mol. The standard InChI is InChI=1S/C20H21FN4O2S/c1-11-17-12(2)22-13(3)23-20(17)28-18(11)19(26)24-14-4-5-16(15(21)10-14)25-6-8-27-9-7-25/h4-5,10H,6-9H2,1-3H3,(H,24,26). The summed E-state index contributed by atoms with van der Waals surface area (Å²) >= 11 is 1.33. The Bertz CT molecular complexity index is 1060. The van der Waals surface area contributed by atoms with Gasteiger partial charge in [-0.3, -0.25) is 4.79 Å². The van der Waals surface area contributed by atoms with Gasteiger partial charge in [-0.05, 0) is 44.5 Å². The smallest absolute Gasteiger partial charge is 0.266 e. The van der Waals surface area contributed by atoms with Gasteiger partial charge in [0, 0.05) is 29.9 Å². The lowest BCUT2D eigenvalue weighted by atomic mass is 10.1. The summed E-state index contributed by atoms with van der Waals surface area (Å²) in [5, 5.41) is 3.72. The number of carbonyl (C=O) groups is 1. The van der Waals surface area contributed by atoms with Gasteiger partial charge in [0.15, 0.2) is 0 Å². The molecule has 1 aromatic carbocycles. The molecule has 0 bridgehead atoms. The number of carbonyl (C=O) groups excluding carboxylic acids is 1. The summed E-state index contributed by atoms with van der Waals surface area (Å²) in [5.74, 6) is 0.0557. The number of halogens is 1. The summed E-state index contributed by atoms with van der Waals surface area (Å²) in [5.41, 5.74) is 2.66. The highest BCUT2D eigenvalue weighted by atomic mass is 32.1. The number of anilines is 2. The molecule has 6 nitrogen and oxygen atoms in total. The van der Waals surface area contributed by atoms with Gasteiger partial charge in [-0.25, -0.2) is 14.4 Å². The molecule has 1 aliphatic heterocycles. The molecule has 0 atom stereocenters. The van der Waals surface area contributed by atoms with Crippen molar-refractivity contribution in [2.45, 2.75) is 20.8 Å². The van der Waals surface area contributed by atoms with Gasteiger partial charge in [-0.2, -0.15) is 0 Å². The van der Waals surface area contributed by atoms with Gasteiger partial charge in [0.25, 0.3) is 5.91 Å². The van der Waals surface area contributed by atoms with Gasteiger partial charge in [0.2, 0.25) is 0 Å². The number of nitrogens with zero attached hydrogens (tertiary/aromatic N) is 3. The lowest BCUT2D eigenvalue weighted by Gasteiger charge is -2.29. The number of morpholine rings is 1. The van der Waals surface area contributed by atoms with Crippen molar-refractivity contribution in [1.82, 2.24) is 9.97 Å². The van der Waals surface area contributed by atoms with E-state index in [0.717, 1.165) is 21.5 Å². The number of fused-ring (bicyclic) bond motifs is 1. The zero-order valence-corrected chi connectivity index (χ0v) is 16.8. The molecule has 0 spiro atoms. The van der Waals surface area contributed by atoms with E-state index < -0.39 is 0 Å². The van der Waals surface area contributed by atoms with Crippen molar-refractivity contribution < 1.29 is 13.9 Å². The van der Waals surface area contributed by atoms with Crippen molar-refractivity contribution in [1.29, 1.82) is 0 Å². The van der Waals surface area contributed by atoms with Gasteiger partial charge in [0.1, 0.15) is 16.5 Å². The van der Waals surface area contributed by atoms with Crippen molar-refractivity contribution in [2.24, 2.45) is 0 Å². The molecule has 8 heteroatoms. The van der Waals surface area contributed by atoms with Gasteiger partial charge < -0.3 is 15.0 Å². The van der Waals surface area contributed by atoms with Crippen molar-refractivity contribution in [3.05, 3.63) is 46.0 Å². The zero-order chi connectivity index (χ0) is 19.8. The van der Waals surface area contributed by atoms with E-state index in [9.17, 15) is 9.18 Å². The highest BCUT2D eigenvalue weighted by Gasteiger charge is 2.20. The van der Waals surface area contributed by atoms with Crippen LogP contribution < -0.4 is 10.2 Å². The van der Waals surface area contributed by atoms with Crippen molar-refractivity contribution in [2.75, 3.05) is 36.5 Å². The fourth-order valence-electron chi connectivity index (χ4n) is 3.52. The van der Waals surface area contributed by atoms with Crippen LogP contribution in [-0.2, 0) is 4.74 Å². The van der Waals surface area contributed by atoms with Crippen LogP contribution in [0.1, 0.15) is 26.8 Å². The topological polar surface area (TPSA) is 67.4 Å². The number of rotatable bonds is 3. The summed E-state index contributed by atoms with van der Waals surface area (Å²) in [6.45, 7) is 8.13. The summed E-state index contributed by atoms with van der Waals surface area (Å²) in [6, 6.07) is 4.79. The van der Waals surface area contributed by atoms with E-state index >= 15 is 0 Å². The molecule has 0 saturated carbocycles. The largest absolute Gasteiger partial charge is 0.378 e. The summed E-state index contributed by atoms with van der Waals surface area (Å²) in [7, 11) is 0. The minimum absolute atomic E-state index is 0.268. The number of hydrogen-bond donors (Lipinski definition) is 1. The van der Waals surface area contributed by atoms with Crippen LogP contribution in [0.3, 0.4) is 0 Å². The Morgan fingerprint density at radius 3 is 2.68 bits per heavy atom. The average Bonchev–Trinajstić information content (AvgIpc) is 2.99. The van der Waals surface area contributed by atoms with Crippen LogP contribution in [0, 0.1) is 26.6 Å². The Kier molecular flexibility index (Phi) is 4.99. The Balaban J connectivity index is 1.58. The maximum Gasteiger partial charge on any atom is 0.266 e. The minimum atomic E-state index is -0.356. The molecule has 0 unspecified atom stereocenters. The van der Waals surface area contributed by atoms with E-state index in [0.29, 0.717) is 48.4 Å². The number of aryl methyl sites for hydroxylation is 3. The number of aromatic nitrogens is 2. The van der Waals surface area contributed by atoms with Crippen molar-refractivity contribution in [3.8, 4) is 0 Å². The third kappa shape index (κ3) is 3.45. The molecule has 4 rings (SSSR count). The minimum Gasteiger partial charge on any atom is -0.378 e. The molecule has 1 fully saturated rings. The molecular weight excluding hydrogens is 379 g/mol. The second-order valence-corrected chi connectivity index (χ2v) is 7.81. The van der Waals surface area contributed by atoms with Gasteiger partial charge in [-0.1, -0.05) is 0 Å². The first-order valence-corrected chi connectivity index (χ1v) is 9.93. The second-order valence-electron chi connectivity index (χ2n) is 6.81.